The van der Waals surface area contributed by atoms with Crippen LogP contribution in [0.25, 0.3) is 10.2 Å². The number of nitrogens with two attached hydrogens (primary N) is 1. The molecule has 3 rings (SSSR count). The number of aryl methyl sites for hydroxylation is 3. The molecule has 3 heterocycles. The van der Waals surface area contributed by atoms with Crippen LogP contribution < -0.4 is 11.1 Å². The van der Waals surface area contributed by atoms with Gasteiger partial charge in [0.1, 0.15) is 15.4 Å². The van der Waals surface area contributed by atoms with E-state index >= 15 is 0 Å². The van der Waals surface area contributed by atoms with Gasteiger partial charge in [0.15, 0.2) is 0 Å². The molecule has 0 spiro atoms. The smallest absolute Gasteiger partial charge is 0.280 e. The first-order valence-electron chi connectivity index (χ1n) is 8.53. The summed E-state index contributed by atoms with van der Waals surface area (Å²) in [5.74, 6) is -1.22. The molecule has 10 heteroatoms. The van der Waals surface area contributed by atoms with Gasteiger partial charge in [-0.25, -0.2) is 13.8 Å². The van der Waals surface area contributed by atoms with Crippen LogP contribution in [0.4, 0.5) is 14.5 Å². The number of pyridine rings is 1. The van der Waals surface area contributed by atoms with Crippen LogP contribution in [0.5, 0.6) is 0 Å². The summed E-state index contributed by atoms with van der Waals surface area (Å²) in [4.78, 5) is 29.1. The largest absolute Gasteiger partial charge is 0.365 e. The fraction of sp³-hybridized carbons (Fsp3) is 0.333. The third-order valence-corrected chi connectivity index (χ3v) is 5.57. The maximum atomic E-state index is 13.1. The molecule has 0 aliphatic carbocycles. The number of hydrogen-bond acceptors (Lipinski definition) is 5. The minimum absolute atomic E-state index is 0.0588. The highest BCUT2D eigenvalue weighted by atomic mass is 32.1. The number of alkyl halides is 2. The van der Waals surface area contributed by atoms with Gasteiger partial charge in [0.25, 0.3) is 18.2 Å². The molecule has 0 radical (unpaired) electrons. The van der Waals surface area contributed by atoms with Crippen LogP contribution >= 0.6 is 11.3 Å². The van der Waals surface area contributed by atoms with E-state index in [1.807, 2.05) is 6.92 Å². The summed E-state index contributed by atoms with van der Waals surface area (Å²) >= 11 is 0.878. The van der Waals surface area contributed by atoms with Crippen LogP contribution in [0.15, 0.2) is 6.07 Å². The first-order valence-corrected chi connectivity index (χ1v) is 9.34. The Hall–Kier alpha value is -2.88. The normalized spacial score (nSPS) is 11.4. The fourth-order valence-electron chi connectivity index (χ4n) is 3.22. The molecule has 0 aliphatic rings. The first kappa shape index (κ1) is 19.9. The Balaban J connectivity index is 2.14. The van der Waals surface area contributed by atoms with Gasteiger partial charge in [0.2, 0.25) is 0 Å². The van der Waals surface area contributed by atoms with Gasteiger partial charge in [0.05, 0.1) is 16.9 Å². The summed E-state index contributed by atoms with van der Waals surface area (Å²) in [7, 11) is 0. The Kier molecular flexibility index (Phi) is 5.16. The van der Waals surface area contributed by atoms with E-state index in [4.69, 9.17) is 5.73 Å². The molecule has 3 aromatic heterocycles. The van der Waals surface area contributed by atoms with E-state index in [9.17, 15) is 18.4 Å². The van der Waals surface area contributed by atoms with Crippen molar-refractivity contribution in [3.63, 3.8) is 0 Å². The van der Waals surface area contributed by atoms with Crippen molar-refractivity contribution in [2.75, 3.05) is 5.32 Å². The second-order valence-corrected chi connectivity index (χ2v) is 7.33. The Morgan fingerprint density at radius 2 is 2.00 bits per heavy atom. The molecule has 0 atom stereocenters. The van der Waals surface area contributed by atoms with Gasteiger partial charge in [-0.15, -0.1) is 11.3 Å². The Morgan fingerprint density at radius 3 is 2.54 bits per heavy atom. The highest BCUT2D eigenvalue weighted by Gasteiger charge is 2.25. The maximum absolute atomic E-state index is 13.1. The van der Waals surface area contributed by atoms with Crippen molar-refractivity contribution < 1.29 is 18.4 Å². The lowest BCUT2D eigenvalue weighted by Crippen LogP contribution is -2.18. The van der Waals surface area contributed by atoms with Crippen LogP contribution in [0.1, 0.15) is 56.0 Å². The van der Waals surface area contributed by atoms with Gasteiger partial charge in [0, 0.05) is 17.6 Å². The van der Waals surface area contributed by atoms with Crippen molar-refractivity contribution >= 4 is 39.1 Å². The van der Waals surface area contributed by atoms with E-state index < -0.39 is 23.9 Å². The molecule has 3 aromatic rings. The molecule has 0 aromatic carbocycles. The lowest BCUT2D eigenvalue weighted by Gasteiger charge is -2.09. The Labute approximate surface area is 163 Å². The molecule has 148 valence electrons. The van der Waals surface area contributed by atoms with E-state index in [0.29, 0.717) is 34.4 Å². The second-order valence-electron chi connectivity index (χ2n) is 6.33. The SMILES string of the molecule is CCn1nc(C)c(C(=O)Nc2c(C(N)=O)sc3nc(C(F)F)cc(C)c23)c1C. The van der Waals surface area contributed by atoms with Crippen molar-refractivity contribution in [2.45, 2.75) is 40.7 Å². The van der Waals surface area contributed by atoms with Gasteiger partial charge in [-0.2, -0.15) is 5.10 Å². The van der Waals surface area contributed by atoms with Gasteiger partial charge in [-0.3, -0.25) is 14.3 Å². The number of nitrogens with one attached hydrogen (secondary N) is 1. The standard InChI is InChI=1S/C18H19F2N5O2S/c1-5-25-9(4)12(8(3)24-25)17(27)23-13-11-7(2)6-10(15(19)20)22-18(11)28-14(13)16(21)26/h6,15H,5H2,1-4H3,(H2,21,26)(H,23,27). The number of primary amides is 1. The second kappa shape index (κ2) is 7.27. The zero-order valence-electron chi connectivity index (χ0n) is 15.8. The topological polar surface area (TPSA) is 103 Å². The van der Waals surface area contributed by atoms with Gasteiger partial charge < -0.3 is 11.1 Å². The van der Waals surface area contributed by atoms with Crippen molar-refractivity contribution in [1.82, 2.24) is 14.8 Å². The number of carbonyl (C=O) groups excluding carboxylic acids is 2. The number of fused-ring (bicyclic) bond motifs is 1. The molecule has 0 bridgehead atoms. The van der Waals surface area contributed by atoms with Gasteiger partial charge in [-0.05, 0) is 39.3 Å². The Bertz CT molecular complexity index is 1100. The number of amides is 2. The van der Waals surface area contributed by atoms with E-state index in [-0.39, 0.29) is 15.4 Å². The zero-order chi connectivity index (χ0) is 20.7. The number of rotatable bonds is 5. The quantitative estimate of drug-likeness (QED) is 0.673. The number of halogens is 2. The van der Waals surface area contributed by atoms with Gasteiger partial charge in [-0.1, -0.05) is 0 Å². The molecule has 0 fully saturated rings. The zero-order valence-corrected chi connectivity index (χ0v) is 16.6. The van der Waals surface area contributed by atoms with Crippen molar-refractivity contribution in [3.8, 4) is 0 Å². The summed E-state index contributed by atoms with van der Waals surface area (Å²) in [6.07, 6.45) is -2.74. The molecule has 0 unspecified atom stereocenters. The van der Waals surface area contributed by atoms with E-state index in [1.165, 1.54) is 6.07 Å². The number of hydrogen-bond donors (Lipinski definition) is 2. The maximum Gasteiger partial charge on any atom is 0.280 e. The third kappa shape index (κ3) is 3.24. The molecular formula is C18H19F2N5O2S. The monoisotopic (exact) mass is 407 g/mol. The van der Waals surface area contributed by atoms with Crippen molar-refractivity contribution in [1.29, 1.82) is 0 Å². The summed E-state index contributed by atoms with van der Waals surface area (Å²) in [6, 6.07) is 1.24. The van der Waals surface area contributed by atoms with E-state index in [0.717, 1.165) is 11.3 Å². The van der Waals surface area contributed by atoms with Crippen LogP contribution in [0, 0.1) is 20.8 Å². The fourth-order valence-corrected chi connectivity index (χ4v) is 4.29. The van der Waals surface area contributed by atoms with Crippen LogP contribution in [-0.4, -0.2) is 26.6 Å². The predicted octanol–water partition coefficient (Wildman–Crippen LogP) is 3.73. The number of anilines is 1. The van der Waals surface area contributed by atoms with E-state index in [1.54, 1.807) is 25.5 Å². The average molecular weight is 407 g/mol. The number of thiophene rings is 1. The van der Waals surface area contributed by atoms with Gasteiger partial charge >= 0.3 is 0 Å². The highest BCUT2D eigenvalue weighted by Crippen LogP contribution is 2.38. The molecule has 0 saturated carbocycles. The summed E-state index contributed by atoms with van der Waals surface area (Å²) < 4.78 is 27.8. The Morgan fingerprint density at radius 1 is 1.32 bits per heavy atom. The molecule has 3 N–H and O–H groups in total. The number of nitrogens with zero attached hydrogens (tertiary/aromatic N) is 3. The molecule has 2 amide bonds. The van der Waals surface area contributed by atoms with Crippen LogP contribution in [0.2, 0.25) is 0 Å². The number of carbonyl (C=O) groups is 2. The molecule has 0 saturated heterocycles. The average Bonchev–Trinajstić information content (AvgIpc) is 3.12. The highest BCUT2D eigenvalue weighted by molar-refractivity contribution is 7.21. The summed E-state index contributed by atoms with van der Waals surface area (Å²) in [5.41, 5.74) is 7.35. The minimum Gasteiger partial charge on any atom is -0.365 e. The minimum atomic E-state index is -2.74. The lowest BCUT2D eigenvalue weighted by molar-refractivity contribution is 0.100. The number of aromatic nitrogens is 3. The predicted molar refractivity (Wildman–Crippen MR) is 103 cm³/mol. The summed E-state index contributed by atoms with van der Waals surface area (Å²) in [6.45, 7) is 7.63. The third-order valence-electron chi connectivity index (χ3n) is 4.47. The van der Waals surface area contributed by atoms with Crippen LogP contribution in [0.3, 0.4) is 0 Å². The molecule has 0 aliphatic heterocycles. The van der Waals surface area contributed by atoms with Crippen molar-refractivity contribution in [3.05, 3.63) is 39.2 Å². The van der Waals surface area contributed by atoms with Crippen molar-refractivity contribution in [2.24, 2.45) is 5.73 Å². The molecular weight excluding hydrogens is 388 g/mol. The molecule has 7 nitrogen and oxygen atoms in total. The summed E-state index contributed by atoms with van der Waals surface area (Å²) in [5, 5.41) is 7.47. The van der Waals surface area contributed by atoms with E-state index in [2.05, 4.69) is 15.4 Å². The lowest BCUT2D eigenvalue weighted by atomic mass is 10.1. The van der Waals surface area contributed by atoms with Crippen LogP contribution in [-0.2, 0) is 6.54 Å². The molecule has 28 heavy (non-hydrogen) atoms. The first-order chi connectivity index (χ1) is 13.1.